The molecule has 5 heterocycles. The number of piperidine rings is 1. The second kappa shape index (κ2) is 8.94. The number of likely N-dealkylation sites (tertiary alicyclic amines) is 1. The standard InChI is InChI=1S/C28H27N9/c1-35-27-7-3-2-6-22(27)26(33-35)17-36-14-4-5-21(16-36)37-18-25(31-34-37)20-8-9-24-23(15-20)28(32-30-24)19-10-12-29-13-11-19/h2-3,6-13,15,18,21H,4-5,14,16-17H2,1H3,(H,30,32)/t21-/m1/s1. The number of fused-ring (bicyclic) bond motifs is 2. The zero-order valence-electron chi connectivity index (χ0n) is 20.6. The first-order valence-electron chi connectivity index (χ1n) is 12.7. The number of aromatic amines is 1. The highest BCUT2D eigenvalue weighted by molar-refractivity contribution is 5.95. The molecule has 2 aromatic carbocycles. The Morgan fingerprint density at radius 3 is 2.81 bits per heavy atom. The van der Waals surface area contributed by atoms with Crippen molar-refractivity contribution in [2.75, 3.05) is 13.1 Å². The molecule has 6 aromatic rings. The molecular formula is C28H27N9. The molecule has 0 saturated carbocycles. The summed E-state index contributed by atoms with van der Waals surface area (Å²) in [6.45, 7) is 2.84. The van der Waals surface area contributed by atoms with Crippen LogP contribution in [0.3, 0.4) is 0 Å². The van der Waals surface area contributed by atoms with Crippen molar-refractivity contribution < 1.29 is 0 Å². The molecule has 1 N–H and O–H groups in total. The van der Waals surface area contributed by atoms with Crippen LogP contribution in [-0.2, 0) is 13.6 Å². The van der Waals surface area contributed by atoms with Crippen LogP contribution in [0.2, 0.25) is 0 Å². The van der Waals surface area contributed by atoms with Gasteiger partial charge in [-0.25, -0.2) is 4.68 Å². The van der Waals surface area contributed by atoms with E-state index in [1.807, 2.05) is 28.5 Å². The highest BCUT2D eigenvalue weighted by Gasteiger charge is 2.24. The molecule has 1 atom stereocenters. The number of aryl methyl sites for hydroxylation is 1. The van der Waals surface area contributed by atoms with Gasteiger partial charge in [0.1, 0.15) is 11.4 Å². The Bertz CT molecular complexity index is 1700. The summed E-state index contributed by atoms with van der Waals surface area (Å²) in [4.78, 5) is 6.61. The highest BCUT2D eigenvalue weighted by Crippen LogP contribution is 2.31. The molecule has 1 fully saturated rings. The van der Waals surface area contributed by atoms with E-state index in [1.165, 1.54) is 10.9 Å². The fourth-order valence-corrected chi connectivity index (χ4v) is 5.50. The van der Waals surface area contributed by atoms with Gasteiger partial charge in [0.15, 0.2) is 0 Å². The monoisotopic (exact) mass is 489 g/mol. The first-order valence-corrected chi connectivity index (χ1v) is 12.7. The minimum atomic E-state index is 0.287. The summed E-state index contributed by atoms with van der Waals surface area (Å²) in [6, 6.07) is 19.0. The predicted octanol–water partition coefficient (Wildman–Crippen LogP) is 4.61. The normalized spacial score (nSPS) is 16.6. The van der Waals surface area contributed by atoms with Gasteiger partial charge < -0.3 is 0 Å². The van der Waals surface area contributed by atoms with E-state index < -0.39 is 0 Å². The minimum Gasteiger partial charge on any atom is -0.295 e. The van der Waals surface area contributed by atoms with Gasteiger partial charge in [-0.15, -0.1) is 5.10 Å². The summed E-state index contributed by atoms with van der Waals surface area (Å²) in [5.74, 6) is 0. The Morgan fingerprint density at radius 2 is 1.89 bits per heavy atom. The quantitative estimate of drug-likeness (QED) is 0.380. The molecular weight excluding hydrogens is 462 g/mol. The second-order valence-electron chi connectivity index (χ2n) is 9.77. The van der Waals surface area contributed by atoms with Gasteiger partial charge in [-0.3, -0.25) is 19.7 Å². The van der Waals surface area contributed by atoms with Crippen molar-refractivity contribution in [2.45, 2.75) is 25.4 Å². The molecule has 0 unspecified atom stereocenters. The summed E-state index contributed by atoms with van der Waals surface area (Å²) < 4.78 is 4.02. The molecule has 4 aromatic heterocycles. The van der Waals surface area contributed by atoms with Crippen molar-refractivity contribution >= 4 is 21.8 Å². The van der Waals surface area contributed by atoms with Crippen LogP contribution in [0, 0.1) is 0 Å². The van der Waals surface area contributed by atoms with E-state index in [0.717, 1.165) is 71.6 Å². The van der Waals surface area contributed by atoms with E-state index in [1.54, 1.807) is 12.4 Å². The smallest absolute Gasteiger partial charge is 0.113 e. The van der Waals surface area contributed by atoms with Crippen molar-refractivity contribution in [3.63, 3.8) is 0 Å². The molecule has 1 aliphatic heterocycles. The van der Waals surface area contributed by atoms with E-state index in [9.17, 15) is 0 Å². The van der Waals surface area contributed by atoms with Gasteiger partial charge in [-0.1, -0.05) is 29.5 Å². The maximum Gasteiger partial charge on any atom is 0.113 e. The largest absolute Gasteiger partial charge is 0.295 e. The molecule has 37 heavy (non-hydrogen) atoms. The third kappa shape index (κ3) is 3.97. The zero-order chi connectivity index (χ0) is 24.8. The number of benzene rings is 2. The third-order valence-corrected chi connectivity index (χ3v) is 7.39. The van der Waals surface area contributed by atoms with Crippen LogP contribution >= 0.6 is 0 Å². The van der Waals surface area contributed by atoms with Crippen molar-refractivity contribution in [1.29, 1.82) is 0 Å². The van der Waals surface area contributed by atoms with Crippen molar-refractivity contribution in [3.8, 4) is 22.5 Å². The van der Waals surface area contributed by atoms with Gasteiger partial charge in [-0.2, -0.15) is 10.2 Å². The first-order chi connectivity index (χ1) is 18.2. The molecule has 0 radical (unpaired) electrons. The second-order valence-corrected chi connectivity index (χ2v) is 9.77. The Kier molecular flexibility index (Phi) is 5.28. The minimum absolute atomic E-state index is 0.287. The third-order valence-electron chi connectivity index (χ3n) is 7.39. The Hall–Kier alpha value is -4.37. The fraction of sp³-hybridized carbons (Fsp3) is 0.250. The van der Waals surface area contributed by atoms with Crippen LogP contribution in [-0.4, -0.2) is 57.9 Å². The maximum absolute atomic E-state index is 4.80. The Balaban J connectivity index is 1.12. The first kappa shape index (κ1) is 21.9. The van der Waals surface area contributed by atoms with Crippen molar-refractivity contribution in [3.05, 3.63) is 78.9 Å². The lowest BCUT2D eigenvalue weighted by Gasteiger charge is -2.32. The number of nitrogens with zero attached hydrogens (tertiary/aromatic N) is 8. The molecule has 9 heteroatoms. The Labute approximate surface area is 213 Å². The number of pyridine rings is 1. The van der Waals surface area contributed by atoms with Crippen molar-refractivity contribution in [2.24, 2.45) is 7.05 Å². The van der Waals surface area contributed by atoms with Crippen molar-refractivity contribution in [1.82, 2.24) is 44.9 Å². The van der Waals surface area contributed by atoms with Crippen LogP contribution in [0.4, 0.5) is 0 Å². The molecule has 1 saturated heterocycles. The van der Waals surface area contributed by atoms with Crippen LogP contribution in [0.1, 0.15) is 24.6 Å². The van der Waals surface area contributed by atoms with Gasteiger partial charge >= 0.3 is 0 Å². The molecule has 0 bridgehead atoms. The summed E-state index contributed by atoms with van der Waals surface area (Å²) in [5, 5.41) is 23.9. The number of rotatable bonds is 5. The summed E-state index contributed by atoms with van der Waals surface area (Å²) in [6.07, 6.45) is 7.87. The maximum atomic E-state index is 4.80. The molecule has 1 aliphatic rings. The van der Waals surface area contributed by atoms with Crippen LogP contribution in [0.25, 0.3) is 44.3 Å². The SMILES string of the molecule is Cn1nc(CN2CCC[C@@H](n3cc(-c4ccc5[nH]nc(-c6ccncc6)c5c4)nn3)C2)c2ccccc21. The van der Waals surface area contributed by atoms with Crippen LogP contribution in [0.5, 0.6) is 0 Å². The number of hydrogen-bond acceptors (Lipinski definition) is 6. The van der Waals surface area contributed by atoms with Gasteiger partial charge in [-0.05, 0) is 49.7 Å². The lowest BCUT2D eigenvalue weighted by molar-refractivity contribution is 0.160. The zero-order valence-corrected chi connectivity index (χ0v) is 20.6. The van der Waals surface area contributed by atoms with E-state index in [-0.39, 0.29) is 6.04 Å². The summed E-state index contributed by atoms with van der Waals surface area (Å²) in [5.41, 5.74) is 7.15. The van der Waals surface area contributed by atoms with E-state index in [2.05, 4.69) is 79.1 Å². The van der Waals surface area contributed by atoms with E-state index in [4.69, 9.17) is 5.10 Å². The highest BCUT2D eigenvalue weighted by atomic mass is 15.4. The topological polar surface area (TPSA) is 93.3 Å². The number of aromatic nitrogens is 8. The number of hydrogen-bond donors (Lipinski definition) is 1. The average molecular weight is 490 g/mol. The van der Waals surface area contributed by atoms with Gasteiger partial charge in [0.05, 0.1) is 29.0 Å². The van der Waals surface area contributed by atoms with Crippen LogP contribution in [0.15, 0.2) is 73.2 Å². The molecule has 0 spiro atoms. The number of nitrogens with one attached hydrogen (secondary N) is 1. The molecule has 184 valence electrons. The summed E-state index contributed by atoms with van der Waals surface area (Å²) in [7, 11) is 2.02. The predicted molar refractivity (Wildman–Crippen MR) is 143 cm³/mol. The average Bonchev–Trinajstić information content (AvgIpc) is 3.67. The van der Waals surface area contributed by atoms with Gasteiger partial charge in [0, 0.05) is 54.4 Å². The Morgan fingerprint density at radius 1 is 1.00 bits per heavy atom. The van der Waals surface area contributed by atoms with Gasteiger partial charge in [0.2, 0.25) is 0 Å². The van der Waals surface area contributed by atoms with Gasteiger partial charge in [0.25, 0.3) is 0 Å². The van der Waals surface area contributed by atoms with E-state index >= 15 is 0 Å². The number of H-pyrrole nitrogens is 1. The number of para-hydroxylation sites is 1. The fourth-order valence-electron chi connectivity index (χ4n) is 5.50. The van der Waals surface area contributed by atoms with Crippen LogP contribution < -0.4 is 0 Å². The molecule has 0 amide bonds. The lowest BCUT2D eigenvalue weighted by Crippen LogP contribution is -2.36. The summed E-state index contributed by atoms with van der Waals surface area (Å²) >= 11 is 0. The molecule has 9 nitrogen and oxygen atoms in total. The molecule has 0 aliphatic carbocycles. The molecule has 7 rings (SSSR count). The van der Waals surface area contributed by atoms with E-state index in [0.29, 0.717) is 0 Å². The lowest BCUT2D eigenvalue weighted by atomic mass is 10.0.